The summed E-state index contributed by atoms with van der Waals surface area (Å²) < 4.78 is 0. The van der Waals surface area contributed by atoms with Crippen LogP contribution in [-0.2, 0) is 6.42 Å². The SMILES string of the molecule is CNC(=O)c1ccc(Nc2ncc(/C(=N/N)NN)c(N)n2)cc1Cl.OCCc1ccccc1. The average Bonchev–Trinajstić information content (AvgIpc) is 2.82. The van der Waals surface area contributed by atoms with E-state index in [0.29, 0.717) is 16.8 Å². The van der Waals surface area contributed by atoms with Crippen LogP contribution in [-0.4, -0.2) is 40.5 Å². The minimum Gasteiger partial charge on any atom is -0.396 e. The summed E-state index contributed by atoms with van der Waals surface area (Å²) in [5, 5.41) is 17.7. The molecule has 0 saturated carbocycles. The van der Waals surface area contributed by atoms with Crippen LogP contribution < -0.4 is 33.5 Å². The predicted octanol–water partition coefficient (Wildman–Crippen LogP) is 1.12. The van der Waals surface area contributed by atoms with Crippen molar-refractivity contribution in [3.63, 3.8) is 0 Å². The Labute approximate surface area is 196 Å². The Morgan fingerprint density at radius 2 is 1.91 bits per heavy atom. The van der Waals surface area contributed by atoms with Crippen LogP contribution in [0.1, 0.15) is 21.5 Å². The first-order valence-electron chi connectivity index (χ1n) is 9.74. The molecular formula is C21H26ClN9O2. The van der Waals surface area contributed by atoms with E-state index in [9.17, 15) is 4.79 Å². The number of hydrazone groups is 1. The zero-order valence-corrected chi connectivity index (χ0v) is 18.7. The monoisotopic (exact) mass is 471 g/mol. The third kappa shape index (κ3) is 7.31. The molecular weight excluding hydrogens is 446 g/mol. The fourth-order valence-electron chi connectivity index (χ4n) is 2.64. The lowest BCUT2D eigenvalue weighted by Crippen LogP contribution is -2.33. The summed E-state index contributed by atoms with van der Waals surface area (Å²) >= 11 is 6.09. The van der Waals surface area contributed by atoms with Crippen LogP contribution in [0.4, 0.5) is 17.5 Å². The Morgan fingerprint density at radius 1 is 1.18 bits per heavy atom. The first-order valence-corrected chi connectivity index (χ1v) is 10.1. The standard InChI is InChI=1S/C13H16ClN9O.C8H10O/c1-18-12(24)7-3-2-6(4-9(7)14)20-13-19-5-8(10(15)21-13)11(22-16)23-17;9-7-6-8-4-2-1-3-5-8/h2-5H,16-17H2,1H3,(H,18,24)(H,22,23)(H3,15,19,20,21);1-5,9H,6-7H2. The number of hydrazine groups is 1. The molecule has 1 amide bonds. The molecule has 3 aromatic rings. The number of carbonyl (C=O) groups excluding carboxylic acids is 1. The molecule has 12 heteroatoms. The van der Waals surface area contributed by atoms with Crippen molar-refractivity contribution < 1.29 is 9.90 Å². The predicted molar refractivity (Wildman–Crippen MR) is 130 cm³/mol. The van der Waals surface area contributed by atoms with Gasteiger partial charge in [-0.15, -0.1) is 0 Å². The van der Waals surface area contributed by atoms with Gasteiger partial charge < -0.3 is 32.7 Å². The number of halogens is 1. The van der Waals surface area contributed by atoms with Crippen LogP contribution >= 0.6 is 11.6 Å². The minimum absolute atomic E-state index is 0.128. The van der Waals surface area contributed by atoms with Gasteiger partial charge in [-0.2, -0.15) is 10.1 Å². The Kier molecular flexibility index (Phi) is 9.83. The molecule has 0 bridgehead atoms. The number of nitrogens with one attached hydrogen (secondary N) is 3. The van der Waals surface area contributed by atoms with Crippen molar-refractivity contribution in [1.29, 1.82) is 0 Å². The van der Waals surface area contributed by atoms with Crippen molar-refractivity contribution in [2.45, 2.75) is 6.42 Å². The van der Waals surface area contributed by atoms with E-state index in [1.165, 1.54) is 18.8 Å². The van der Waals surface area contributed by atoms with Crippen molar-refractivity contribution in [2.24, 2.45) is 16.8 Å². The van der Waals surface area contributed by atoms with Gasteiger partial charge in [0.15, 0.2) is 5.84 Å². The second-order valence-corrected chi connectivity index (χ2v) is 6.88. The van der Waals surface area contributed by atoms with Gasteiger partial charge in [-0.25, -0.2) is 10.8 Å². The lowest BCUT2D eigenvalue weighted by molar-refractivity contribution is 0.0963. The molecule has 11 nitrogen and oxygen atoms in total. The lowest BCUT2D eigenvalue weighted by Gasteiger charge is -2.10. The summed E-state index contributed by atoms with van der Waals surface area (Å²) in [6.45, 7) is 0.240. The number of hydrogen-bond acceptors (Lipinski definition) is 9. The highest BCUT2D eigenvalue weighted by Crippen LogP contribution is 2.23. The summed E-state index contributed by atoms with van der Waals surface area (Å²) in [6, 6.07) is 14.8. The van der Waals surface area contributed by atoms with Gasteiger partial charge in [0.2, 0.25) is 5.95 Å². The van der Waals surface area contributed by atoms with Crippen LogP contribution in [0, 0.1) is 0 Å². The third-order valence-electron chi connectivity index (χ3n) is 4.28. The Hall–Kier alpha value is -3.93. The summed E-state index contributed by atoms with van der Waals surface area (Å²) in [5.41, 5.74) is 10.6. The molecule has 1 heterocycles. The molecule has 0 aliphatic rings. The molecule has 0 atom stereocenters. The van der Waals surface area contributed by atoms with Gasteiger partial charge in [0.1, 0.15) is 5.82 Å². The van der Waals surface area contributed by atoms with E-state index in [-0.39, 0.29) is 35.1 Å². The van der Waals surface area contributed by atoms with E-state index in [1.54, 1.807) is 18.2 Å². The first kappa shape index (κ1) is 25.3. The number of anilines is 3. The van der Waals surface area contributed by atoms with E-state index in [4.69, 9.17) is 34.1 Å². The number of nitrogens with two attached hydrogens (primary N) is 3. The van der Waals surface area contributed by atoms with E-state index in [1.807, 2.05) is 30.3 Å². The molecule has 0 saturated heterocycles. The molecule has 0 radical (unpaired) electrons. The van der Waals surface area contributed by atoms with Crippen molar-refractivity contribution >= 4 is 40.8 Å². The maximum atomic E-state index is 11.6. The maximum absolute atomic E-state index is 11.6. The molecule has 0 spiro atoms. The van der Waals surface area contributed by atoms with Crippen LogP contribution in [0.25, 0.3) is 0 Å². The topological polar surface area (TPSA) is 190 Å². The molecule has 2 aromatic carbocycles. The molecule has 33 heavy (non-hydrogen) atoms. The zero-order valence-electron chi connectivity index (χ0n) is 17.9. The minimum atomic E-state index is -0.278. The number of benzene rings is 2. The highest BCUT2D eigenvalue weighted by atomic mass is 35.5. The van der Waals surface area contributed by atoms with Crippen LogP contribution in [0.15, 0.2) is 59.8 Å². The molecule has 1 aromatic heterocycles. The van der Waals surface area contributed by atoms with E-state index in [0.717, 1.165) is 6.42 Å². The second kappa shape index (κ2) is 12.8. The van der Waals surface area contributed by atoms with Gasteiger partial charge in [0.25, 0.3) is 5.91 Å². The number of aliphatic hydroxyl groups is 1. The van der Waals surface area contributed by atoms with E-state index in [2.05, 4.69) is 31.1 Å². The fraction of sp³-hybridized carbons (Fsp3) is 0.143. The van der Waals surface area contributed by atoms with Gasteiger partial charge in [0.05, 0.1) is 16.1 Å². The maximum Gasteiger partial charge on any atom is 0.252 e. The molecule has 0 fully saturated rings. The Bertz CT molecular complexity index is 1090. The van der Waals surface area contributed by atoms with Gasteiger partial charge in [-0.05, 0) is 30.2 Å². The third-order valence-corrected chi connectivity index (χ3v) is 4.59. The van der Waals surface area contributed by atoms with E-state index < -0.39 is 0 Å². The number of hydrogen-bond donors (Lipinski definition) is 7. The van der Waals surface area contributed by atoms with Crippen molar-refractivity contribution in [2.75, 3.05) is 24.7 Å². The smallest absolute Gasteiger partial charge is 0.252 e. The van der Waals surface area contributed by atoms with Crippen LogP contribution in [0.3, 0.4) is 0 Å². The van der Waals surface area contributed by atoms with Crippen LogP contribution in [0.5, 0.6) is 0 Å². The Morgan fingerprint density at radius 3 is 2.45 bits per heavy atom. The van der Waals surface area contributed by atoms with Crippen molar-refractivity contribution in [3.05, 3.63) is 76.4 Å². The summed E-state index contributed by atoms with van der Waals surface area (Å²) in [4.78, 5) is 19.8. The quantitative estimate of drug-likeness (QED) is 0.119. The zero-order chi connectivity index (χ0) is 24.2. The molecule has 10 N–H and O–H groups in total. The first-order chi connectivity index (χ1) is 15.9. The van der Waals surface area contributed by atoms with Crippen molar-refractivity contribution in [3.8, 4) is 0 Å². The number of amides is 1. The summed E-state index contributed by atoms with van der Waals surface area (Å²) in [5.74, 6) is 10.7. The number of aliphatic hydroxyl groups excluding tert-OH is 1. The molecule has 3 rings (SSSR count). The fourth-order valence-corrected chi connectivity index (χ4v) is 2.90. The summed E-state index contributed by atoms with van der Waals surface area (Å²) in [6.07, 6.45) is 2.18. The number of amidine groups is 1. The molecule has 0 aliphatic carbocycles. The van der Waals surface area contributed by atoms with Crippen molar-refractivity contribution in [1.82, 2.24) is 20.7 Å². The van der Waals surface area contributed by atoms with E-state index >= 15 is 0 Å². The summed E-state index contributed by atoms with van der Waals surface area (Å²) in [7, 11) is 1.53. The van der Waals surface area contributed by atoms with Gasteiger partial charge in [-0.3, -0.25) is 4.79 Å². The molecule has 0 unspecified atom stereocenters. The molecule has 174 valence electrons. The number of carbonyl (C=O) groups is 1. The normalized spacial score (nSPS) is 10.6. The Balaban J connectivity index is 0.000000357. The average molecular weight is 472 g/mol. The van der Waals surface area contributed by atoms with Gasteiger partial charge in [0, 0.05) is 25.5 Å². The number of nitrogens with zero attached hydrogens (tertiary/aromatic N) is 3. The highest BCUT2D eigenvalue weighted by molar-refractivity contribution is 6.34. The largest absolute Gasteiger partial charge is 0.396 e. The number of aromatic nitrogens is 2. The number of rotatable bonds is 6. The second-order valence-electron chi connectivity index (χ2n) is 6.47. The van der Waals surface area contributed by atoms with Crippen LogP contribution in [0.2, 0.25) is 5.02 Å². The van der Waals surface area contributed by atoms with Gasteiger partial charge in [-0.1, -0.05) is 41.9 Å². The number of nitrogen functional groups attached to an aromatic ring is 1. The van der Waals surface area contributed by atoms with Gasteiger partial charge >= 0.3 is 0 Å². The molecule has 0 aliphatic heterocycles. The lowest BCUT2D eigenvalue weighted by atomic mass is 10.2. The highest BCUT2D eigenvalue weighted by Gasteiger charge is 2.12.